The minimum atomic E-state index is -0.551. The third-order valence-electron chi connectivity index (χ3n) is 3.08. The molecule has 1 heterocycles. The molecule has 0 radical (unpaired) electrons. The second kappa shape index (κ2) is 8.43. The number of aromatic nitrogens is 1. The summed E-state index contributed by atoms with van der Waals surface area (Å²) < 4.78 is 16.0. The molecular weight excluding hydrogens is 396 g/mol. The van der Waals surface area contributed by atoms with Crippen molar-refractivity contribution < 1.29 is 23.7 Å². The standard InChI is InChI=1S/C16H15BrN2O6/c1-3-23-15(20)9-24-13-7-5-12(17)8-11(13)4-6-14-16(19(21)22)10(2)18-25-14/h4-8H,3,9H2,1-2H3/b6-4+. The first-order valence-electron chi connectivity index (χ1n) is 7.29. The first kappa shape index (κ1) is 18.7. The highest BCUT2D eigenvalue weighted by Gasteiger charge is 2.22. The van der Waals surface area contributed by atoms with Crippen molar-refractivity contribution in [2.24, 2.45) is 0 Å². The third-order valence-corrected chi connectivity index (χ3v) is 3.57. The number of hydrogen-bond donors (Lipinski definition) is 0. The van der Waals surface area contributed by atoms with Gasteiger partial charge in [-0.3, -0.25) is 10.1 Å². The molecule has 0 fully saturated rings. The van der Waals surface area contributed by atoms with Crippen LogP contribution < -0.4 is 4.74 Å². The molecule has 2 rings (SSSR count). The van der Waals surface area contributed by atoms with Crippen molar-refractivity contribution in [1.82, 2.24) is 5.16 Å². The summed E-state index contributed by atoms with van der Waals surface area (Å²) in [5.74, 6) is -0.0351. The number of carbonyl (C=O) groups is 1. The summed E-state index contributed by atoms with van der Waals surface area (Å²) in [7, 11) is 0. The monoisotopic (exact) mass is 410 g/mol. The molecule has 0 aliphatic rings. The van der Waals surface area contributed by atoms with E-state index in [-0.39, 0.29) is 30.4 Å². The SMILES string of the molecule is CCOC(=O)COc1ccc(Br)cc1/C=C/c1onc(C)c1[N+](=O)[O-]. The van der Waals surface area contributed by atoms with Gasteiger partial charge in [0.25, 0.3) is 0 Å². The molecule has 0 amide bonds. The van der Waals surface area contributed by atoms with Crippen LogP contribution in [0.1, 0.15) is 23.9 Å². The lowest BCUT2D eigenvalue weighted by atomic mass is 10.1. The Hall–Kier alpha value is -2.68. The number of rotatable bonds is 7. The minimum absolute atomic E-state index is 0.0267. The van der Waals surface area contributed by atoms with E-state index in [4.69, 9.17) is 14.0 Å². The Bertz CT molecular complexity index is 815. The summed E-state index contributed by atoms with van der Waals surface area (Å²) in [5.41, 5.74) is 0.597. The van der Waals surface area contributed by atoms with E-state index in [1.807, 2.05) is 0 Å². The molecule has 2 aromatic rings. The normalized spacial score (nSPS) is 10.8. The molecule has 0 aliphatic heterocycles. The fraction of sp³-hybridized carbons (Fsp3) is 0.250. The number of esters is 1. The predicted molar refractivity (Wildman–Crippen MR) is 93.1 cm³/mol. The van der Waals surface area contributed by atoms with Crippen LogP contribution in [0.4, 0.5) is 5.69 Å². The number of nitro groups is 1. The zero-order chi connectivity index (χ0) is 18.4. The lowest BCUT2D eigenvalue weighted by Crippen LogP contribution is -2.14. The molecule has 132 valence electrons. The van der Waals surface area contributed by atoms with Crippen LogP contribution in [-0.2, 0) is 9.53 Å². The number of benzene rings is 1. The van der Waals surface area contributed by atoms with Gasteiger partial charge in [0.1, 0.15) is 5.75 Å². The number of carbonyl (C=O) groups excluding carboxylic acids is 1. The zero-order valence-electron chi connectivity index (χ0n) is 13.5. The van der Waals surface area contributed by atoms with Crippen molar-refractivity contribution in [3.63, 3.8) is 0 Å². The molecule has 8 nitrogen and oxygen atoms in total. The second-order valence-electron chi connectivity index (χ2n) is 4.85. The number of hydrogen-bond acceptors (Lipinski definition) is 7. The minimum Gasteiger partial charge on any atom is -0.481 e. The number of ether oxygens (including phenoxy) is 2. The van der Waals surface area contributed by atoms with Crippen molar-refractivity contribution in [2.45, 2.75) is 13.8 Å². The van der Waals surface area contributed by atoms with E-state index in [9.17, 15) is 14.9 Å². The van der Waals surface area contributed by atoms with Crippen LogP contribution in [-0.4, -0.2) is 29.3 Å². The quantitative estimate of drug-likeness (QED) is 0.388. The Morgan fingerprint density at radius 3 is 2.88 bits per heavy atom. The molecule has 1 aromatic carbocycles. The van der Waals surface area contributed by atoms with Crippen molar-refractivity contribution >= 4 is 39.7 Å². The third kappa shape index (κ3) is 4.90. The topological polar surface area (TPSA) is 105 Å². The summed E-state index contributed by atoms with van der Waals surface area (Å²) in [4.78, 5) is 21.9. The molecule has 25 heavy (non-hydrogen) atoms. The number of aryl methyl sites for hydroxylation is 1. The van der Waals surface area contributed by atoms with Gasteiger partial charge < -0.3 is 14.0 Å². The molecular formula is C16H15BrN2O6. The zero-order valence-corrected chi connectivity index (χ0v) is 15.1. The molecule has 1 aromatic heterocycles. The van der Waals surface area contributed by atoms with Gasteiger partial charge in [-0.2, -0.15) is 0 Å². The van der Waals surface area contributed by atoms with E-state index < -0.39 is 10.9 Å². The molecule has 0 bridgehead atoms. The van der Waals surface area contributed by atoms with Crippen LogP contribution in [0, 0.1) is 17.0 Å². The Balaban J connectivity index is 2.25. The fourth-order valence-corrected chi connectivity index (χ4v) is 2.38. The summed E-state index contributed by atoms with van der Waals surface area (Å²) in [6.07, 6.45) is 3.01. The molecule has 0 atom stereocenters. The average molecular weight is 411 g/mol. The highest BCUT2D eigenvalue weighted by molar-refractivity contribution is 9.10. The van der Waals surface area contributed by atoms with Crippen LogP contribution in [0.15, 0.2) is 27.2 Å². The van der Waals surface area contributed by atoms with Crippen LogP contribution in [0.5, 0.6) is 5.75 Å². The highest BCUT2D eigenvalue weighted by Crippen LogP contribution is 2.28. The van der Waals surface area contributed by atoms with Crippen molar-refractivity contribution in [2.75, 3.05) is 13.2 Å². The maximum absolute atomic E-state index is 11.4. The van der Waals surface area contributed by atoms with Crippen LogP contribution in [0.3, 0.4) is 0 Å². The Morgan fingerprint density at radius 2 is 2.20 bits per heavy atom. The first-order chi connectivity index (χ1) is 11.9. The summed E-state index contributed by atoms with van der Waals surface area (Å²) in [5, 5.41) is 14.7. The van der Waals surface area contributed by atoms with Crippen LogP contribution in [0.2, 0.25) is 0 Å². The predicted octanol–water partition coefficient (Wildman–Crippen LogP) is 3.77. The largest absolute Gasteiger partial charge is 0.481 e. The molecule has 0 aliphatic carbocycles. The lowest BCUT2D eigenvalue weighted by molar-refractivity contribution is -0.386. The van der Waals surface area contributed by atoms with Gasteiger partial charge in [0, 0.05) is 10.0 Å². The smallest absolute Gasteiger partial charge is 0.344 e. The fourth-order valence-electron chi connectivity index (χ4n) is 2.00. The van der Waals surface area contributed by atoms with Crippen molar-refractivity contribution in [1.29, 1.82) is 0 Å². The van der Waals surface area contributed by atoms with Crippen molar-refractivity contribution in [3.8, 4) is 5.75 Å². The summed E-state index contributed by atoms with van der Waals surface area (Å²) >= 11 is 3.34. The van der Waals surface area contributed by atoms with E-state index >= 15 is 0 Å². The molecule has 0 spiro atoms. The molecule has 0 saturated heterocycles. The van der Waals surface area contributed by atoms with E-state index in [0.29, 0.717) is 11.3 Å². The molecule has 0 saturated carbocycles. The molecule has 0 unspecified atom stereocenters. The van der Waals surface area contributed by atoms with Gasteiger partial charge in [0.2, 0.25) is 5.76 Å². The number of nitrogens with zero attached hydrogens (tertiary/aromatic N) is 2. The number of halogens is 1. The average Bonchev–Trinajstić information content (AvgIpc) is 2.93. The Kier molecular flexibility index (Phi) is 6.29. The summed E-state index contributed by atoms with van der Waals surface area (Å²) in [6, 6.07) is 5.16. The van der Waals surface area contributed by atoms with Gasteiger partial charge in [-0.25, -0.2) is 4.79 Å². The van der Waals surface area contributed by atoms with Gasteiger partial charge in [-0.15, -0.1) is 0 Å². The lowest BCUT2D eigenvalue weighted by Gasteiger charge is -2.09. The Labute approximate surface area is 151 Å². The Morgan fingerprint density at radius 1 is 1.44 bits per heavy atom. The van der Waals surface area contributed by atoms with Crippen LogP contribution >= 0.6 is 15.9 Å². The van der Waals surface area contributed by atoms with Crippen molar-refractivity contribution in [3.05, 3.63) is 49.8 Å². The van der Waals surface area contributed by atoms with Crippen LogP contribution in [0.25, 0.3) is 12.2 Å². The maximum atomic E-state index is 11.4. The molecule has 9 heteroatoms. The highest BCUT2D eigenvalue weighted by atomic mass is 79.9. The van der Waals surface area contributed by atoms with E-state index in [1.54, 1.807) is 31.2 Å². The molecule has 0 N–H and O–H groups in total. The van der Waals surface area contributed by atoms with Gasteiger partial charge in [-0.1, -0.05) is 21.1 Å². The van der Waals surface area contributed by atoms with Gasteiger partial charge in [0.05, 0.1) is 11.5 Å². The first-order valence-corrected chi connectivity index (χ1v) is 8.08. The van der Waals surface area contributed by atoms with Gasteiger partial charge in [0.15, 0.2) is 12.3 Å². The maximum Gasteiger partial charge on any atom is 0.344 e. The van der Waals surface area contributed by atoms with E-state index in [2.05, 4.69) is 21.1 Å². The van der Waals surface area contributed by atoms with Gasteiger partial charge >= 0.3 is 11.7 Å². The second-order valence-corrected chi connectivity index (χ2v) is 5.76. The van der Waals surface area contributed by atoms with Gasteiger partial charge in [-0.05, 0) is 44.2 Å². The van der Waals surface area contributed by atoms with E-state index in [0.717, 1.165) is 4.47 Å². The summed E-state index contributed by atoms with van der Waals surface area (Å²) in [6.45, 7) is 3.23. The van der Waals surface area contributed by atoms with E-state index in [1.165, 1.54) is 13.0 Å².